The quantitative estimate of drug-likeness (QED) is 0.686. The van der Waals surface area contributed by atoms with E-state index in [1.54, 1.807) is 0 Å². The van der Waals surface area contributed by atoms with Gasteiger partial charge >= 0.3 is 0 Å². The van der Waals surface area contributed by atoms with Crippen LogP contribution in [0.4, 0.5) is 0 Å². The SMILES string of the molecule is C[C@@H](C[C@H]1CCCN1C)O[Si](c1ccccc1)(c1ccccc1)C(C)(C)C. The van der Waals surface area contributed by atoms with Crippen LogP contribution >= 0.6 is 0 Å². The van der Waals surface area contributed by atoms with Crippen molar-refractivity contribution in [3.63, 3.8) is 0 Å². The van der Waals surface area contributed by atoms with Gasteiger partial charge in [-0.1, -0.05) is 81.4 Å². The molecule has 2 nitrogen and oxygen atoms in total. The second kappa shape index (κ2) is 8.30. The summed E-state index contributed by atoms with van der Waals surface area (Å²) < 4.78 is 7.20. The predicted octanol–water partition coefficient (Wildman–Crippen LogP) is 4.44. The van der Waals surface area contributed by atoms with Gasteiger partial charge in [0, 0.05) is 12.1 Å². The third-order valence-electron chi connectivity index (χ3n) is 6.07. The summed E-state index contributed by atoms with van der Waals surface area (Å²) in [5, 5.41) is 2.79. The molecule has 0 aromatic heterocycles. The number of benzene rings is 2. The van der Waals surface area contributed by atoms with Crippen molar-refractivity contribution in [2.24, 2.45) is 0 Å². The zero-order valence-electron chi connectivity index (χ0n) is 17.6. The van der Waals surface area contributed by atoms with E-state index in [9.17, 15) is 0 Å². The number of likely N-dealkylation sites (tertiary alicyclic amines) is 1. The molecule has 0 spiro atoms. The molecule has 1 aliphatic heterocycles. The molecule has 3 rings (SSSR count). The van der Waals surface area contributed by atoms with Crippen molar-refractivity contribution in [1.29, 1.82) is 0 Å². The molecular weight excluding hydrogens is 346 g/mol. The first-order chi connectivity index (χ1) is 12.8. The van der Waals surface area contributed by atoms with Gasteiger partial charge in [0.25, 0.3) is 8.32 Å². The highest BCUT2D eigenvalue weighted by Crippen LogP contribution is 2.38. The molecule has 3 heteroatoms. The molecule has 27 heavy (non-hydrogen) atoms. The zero-order chi connectivity index (χ0) is 19.5. The van der Waals surface area contributed by atoms with E-state index in [1.807, 2.05) is 0 Å². The van der Waals surface area contributed by atoms with E-state index in [-0.39, 0.29) is 11.1 Å². The maximum absolute atomic E-state index is 7.20. The van der Waals surface area contributed by atoms with Gasteiger partial charge in [-0.05, 0) is 55.2 Å². The average Bonchev–Trinajstić information content (AvgIpc) is 3.04. The van der Waals surface area contributed by atoms with Gasteiger partial charge in [0.05, 0.1) is 0 Å². The Hall–Kier alpha value is -1.42. The Bertz CT molecular complexity index is 671. The molecule has 0 amide bonds. The van der Waals surface area contributed by atoms with Gasteiger partial charge in [-0.2, -0.15) is 0 Å². The average molecular weight is 382 g/mol. The molecule has 0 aliphatic carbocycles. The van der Waals surface area contributed by atoms with Crippen molar-refractivity contribution in [2.75, 3.05) is 13.6 Å². The lowest BCUT2D eigenvalue weighted by Gasteiger charge is -2.45. The van der Waals surface area contributed by atoms with Crippen LogP contribution in [0.5, 0.6) is 0 Å². The number of rotatable bonds is 6. The third-order valence-corrected chi connectivity index (χ3v) is 11.2. The van der Waals surface area contributed by atoms with Gasteiger partial charge in [-0.25, -0.2) is 0 Å². The summed E-state index contributed by atoms with van der Waals surface area (Å²) in [5.74, 6) is 0. The highest BCUT2D eigenvalue weighted by molar-refractivity contribution is 6.99. The Morgan fingerprint density at radius 1 is 1.00 bits per heavy atom. The summed E-state index contributed by atoms with van der Waals surface area (Å²) >= 11 is 0. The largest absolute Gasteiger partial charge is 0.405 e. The summed E-state index contributed by atoms with van der Waals surface area (Å²) in [6, 6.07) is 22.6. The van der Waals surface area contributed by atoms with E-state index in [4.69, 9.17) is 4.43 Å². The van der Waals surface area contributed by atoms with E-state index in [1.165, 1.54) is 29.8 Å². The smallest absolute Gasteiger partial charge is 0.261 e. The van der Waals surface area contributed by atoms with Crippen LogP contribution in [-0.2, 0) is 4.43 Å². The summed E-state index contributed by atoms with van der Waals surface area (Å²) in [6.45, 7) is 10.6. The van der Waals surface area contributed by atoms with E-state index in [2.05, 4.69) is 100 Å². The normalized spacial score (nSPS) is 20.0. The van der Waals surface area contributed by atoms with Crippen molar-refractivity contribution < 1.29 is 4.43 Å². The molecule has 1 aliphatic rings. The molecule has 1 fully saturated rings. The minimum absolute atomic E-state index is 0.0472. The van der Waals surface area contributed by atoms with Crippen LogP contribution in [0.2, 0.25) is 5.04 Å². The lowest BCUT2D eigenvalue weighted by molar-refractivity contribution is 0.155. The lowest BCUT2D eigenvalue weighted by atomic mass is 10.1. The fourth-order valence-corrected chi connectivity index (χ4v) is 9.42. The maximum atomic E-state index is 7.20. The standard InChI is InChI=1S/C24H35NOSi/c1-20(19-21-13-12-18-25(21)5)26-27(24(2,3)4,22-14-8-6-9-15-22)23-16-10-7-11-17-23/h6-11,14-17,20-21H,12-13,18-19H2,1-5H3/t20-,21+/m0/s1. The first kappa shape index (κ1) is 20.3. The Labute approximate surface area is 166 Å². The molecular formula is C24H35NOSi. The predicted molar refractivity (Wildman–Crippen MR) is 118 cm³/mol. The number of nitrogens with zero attached hydrogens (tertiary/aromatic N) is 1. The third kappa shape index (κ3) is 4.21. The van der Waals surface area contributed by atoms with E-state index in [0.717, 1.165) is 6.42 Å². The summed E-state index contributed by atoms with van der Waals surface area (Å²) in [5.41, 5.74) is 0. The molecule has 1 saturated heterocycles. The van der Waals surface area contributed by atoms with E-state index in [0.29, 0.717) is 6.04 Å². The highest BCUT2D eigenvalue weighted by atomic mass is 28.4. The van der Waals surface area contributed by atoms with Crippen molar-refractivity contribution in [2.45, 2.75) is 64.1 Å². The zero-order valence-corrected chi connectivity index (χ0v) is 18.6. The van der Waals surface area contributed by atoms with Crippen molar-refractivity contribution >= 4 is 18.7 Å². The van der Waals surface area contributed by atoms with Crippen LogP contribution in [0.15, 0.2) is 60.7 Å². The Kier molecular flexibility index (Phi) is 6.24. The van der Waals surface area contributed by atoms with Gasteiger partial charge in [0.2, 0.25) is 0 Å². The first-order valence-corrected chi connectivity index (χ1v) is 12.2. The Morgan fingerprint density at radius 2 is 1.52 bits per heavy atom. The maximum Gasteiger partial charge on any atom is 0.261 e. The fourth-order valence-electron chi connectivity index (χ4n) is 4.70. The van der Waals surface area contributed by atoms with Crippen LogP contribution in [0, 0.1) is 0 Å². The van der Waals surface area contributed by atoms with Gasteiger partial charge in [0.15, 0.2) is 0 Å². The summed E-state index contributed by atoms with van der Waals surface area (Å²) in [7, 11) is -0.168. The molecule has 2 atom stereocenters. The molecule has 0 N–H and O–H groups in total. The van der Waals surface area contributed by atoms with Gasteiger partial charge in [-0.15, -0.1) is 0 Å². The van der Waals surface area contributed by atoms with E-state index >= 15 is 0 Å². The molecule has 1 heterocycles. The van der Waals surface area contributed by atoms with Crippen molar-refractivity contribution in [3.05, 3.63) is 60.7 Å². The molecule has 2 aromatic carbocycles. The highest BCUT2D eigenvalue weighted by Gasteiger charge is 2.51. The van der Waals surface area contributed by atoms with Crippen LogP contribution < -0.4 is 10.4 Å². The van der Waals surface area contributed by atoms with E-state index < -0.39 is 8.32 Å². The van der Waals surface area contributed by atoms with Gasteiger partial charge in [-0.3, -0.25) is 0 Å². The Balaban J connectivity index is 2.01. The molecule has 2 aromatic rings. The molecule has 146 valence electrons. The molecule has 0 bridgehead atoms. The second-order valence-electron chi connectivity index (χ2n) is 9.10. The monoisotopic (exact) mass is 381 g/mol. The minimum Gasteiger partial charge on any atom is -0.405 e. The van der Waals surface area contributed by atoms with Crippen molar-refractivity contribution in [1.82, 2.24) is 4.90 Å². The van der Waals surface area contributed by atoms with Crippen LogP contribution in [-0.4, -0.2) is 39.0 Å². The van der Waals surface area contributed by atoms with Gasteiger partial charge in [0.1, 0.15) is 0 Å². The van der Waals surface area contributed by atoms with Crippen LogP contribution in [0.3, 0.4) is 0 Å². The summed E-state index contributed by atoms with van der Waals surface area (Å²) in [6.07, 6.45) is 3.96. The fraction of sp³-hybridized carbons (Fsp3) is 0.500. The van der Waals surface area contributed by atoms with Gasteiger partial charge < -0.3 is 9.33 Å². The van der Waals surface area contributed by atoms with Crippen LogP contribution in [0.25, 0.3) is 0 Å². The summed E-state index contributed by atoms with van der Waals surface area (Å²) in [4.78, 5) is 2.51. The lowest BCUT2D eigenvalue weighted by Crippen LogP contribution is -2.67. The van der Waals surface area contributed by atoms with Crippen molar-refractivity contribution in [3.8, 4) is 0 Å². The first-order valence-electron chi connectivity index (χ1n) is 10.3. The second-order valence-corrected chi connectivity index (χ2v) is 13.4. The Morgan fingerprint density at radius 3 is 1.93 bits per heavy atom. The topological polar surface area (TPSA) is 12.5 Å². The van der Waals surface area contributed by atoms with Crippen LogP contribution in [0.1, 0.15) is 47.0 Å². The molecule has 0 saturated carbocycles. The number of hydrogen-bond acceptors (Lipinski definition) is 2. The molecule has 0 unspecified atom stereocenters. The minimum atomic E-state index is -2.42. The number of hydrogen-bond donors (Lipinski definition) is 0. The molecule has 0 radical (unpaired) electrons.